The lowest BCUT2D eigenvalue weighted by atomic mass is 9.91. The Hall–Kier alpha value is -1.20. The van der Waals surface area contributed by atoms with Gasteiger partial charge in [-0.3, -0.25) is 4.98 Å². The number of aliphatic hydroxyl groups excluding tert-OH is 2. The quantitative estimate of drug-likeness (QED) is 0.762. The summed E-state index contributed by atoms with van der Waals surface area (Å²) in [5, 5.41) is 17.8. The summed E-state index contributed by atoms with van der Waals surface area (Å²) >= 11 is 0. The predicted octanol–water partition coefficient (Wildman–Crippen LogP) is 0.710. The zero-order chi connectivity index (χ0) is 12.1. The molecule has 94 valence electrons. The summed E-state index contributed by atoms with van der Waals surface area (Å²) < 4.78 is 0. The number of aliphatic hydroxyl groups is 2. The first-order chi connectivity index (χ1) is 8.35. The molecule has 0 aromatic carbocycles. The van der Waals surface area contributed by atoms with Gasteiger partial charge in [-0.05, 0) is 25.7 Å². The smallest absolute Gasteiger partial charge is 0.147 e. The van der Waals surface area contributed by atoms with Gasteiger partial charge in [-0.15, -0.1) is 0 Å². The van der Waals surface area contributed by atoms with Crippen molar-refractivity contribution in [2.45, 2.75) is 38.3 Å². The predicted molar refractivity (Wildman–Crippen MR) is 64.6 cm³/mol. The molecule has 1 saturated carbocycles. The fraction of sp³-hybridized carbons (Fsp3) is 0.667. The molecule has 0 unspecified atom stereocenters. The topological polar surface area (TPSA) is 69.5 Å². The number of hydrogen-bond acceptors (Lipinski definition) is 5. The SMILES string of the molecule is OCCCN(c1cnc(CO)cn1)C1CCC1. The molecule has 0 saturated heterocycles. The summed E-state index contributed by atoms with van der Waals surface area (Å²) in [6.45, 7) is 0.938. The summed E-state index contributed by atoms with van der Waals surface area (Å²) in [4.78, 5) is 10.7. The monoisotopic (exact) mass is 237 g/mol. The lowest BCUT2D eigenvalue weighted by Crippen LogP contribution is -2.41. The van der Waals surface area contributed by atoms with Crippen LogP contribution in [0.15, 0.2) is 12.4 Å². The van der Waals surface area contributed by atoms with Crippen molar-refractivity contribution >= 4 is 5.82 Å². The molecule has 2 N–H and O–H groups in total. The third-order valence-electron chi connectivity index (χ3n) is 3.22. The van der Waals surface area contributed by atoms with Crippen LogP contribution in [0.3, 0.4) is 0 Å². The largest absolute Gasteiger partial charge is 0.396 e. The molecule has 0 atom stereocenters. The zero-order valence-corrected chi connectivity index (χ0v) is 9.92. The van der Waals surface area contributed by atoms with E-state index in [-0.39, 0.29) is 13.2 Å². The molecule has 1 aromatic rings. The molecule has 1 aromatic heterocycles. The van der Waals surface area contributed by atoms with Gasteiger partial charge in [0.2, 0.25) is 0 Å². The number of nitrogens with zero attached hydrogens (tertiary/aromatic N) is 3. The van der Waals surface area contributed by atoms with Crippen LogP contribution in [0.1, 0.15) is 31.4 Å². The van der Waals surface area contributed by atoms with E-state index in [2.05, 4.69) is 14.9 Å². The van der Waals surface area contributed by atoms with Crippen molar-refractivity contribution in [2.75, 3.05) is 18.1 Å². The molecule has 1 aliphatic carbocycles. The average Bonchev–Trinajstić information content (AvgIpc) is 2.32. The standard InChI is InChI=1S/C12H19N3O2/c16-6-2-5-15(11-3-1-4-11)12-8-13-10(9-17)7-14-12/h7-8,11,16-17H,1-6,9H2. The first kappa shape index (κ1) is 12.3. The highest BCUT2D eigenvalue weighted by molar-refractivity contribution is 5.38. The summed E-state index contributed by atoms with van der Waals surface area (Å²) in [7, 11) is 0. The highest BCUT2D eigenvalue weighted by Gasteiger charge is 2.25. The molecule has 2 rings (SSSR count). The average molecular weight is 237 g/mol. The second-order valence-electron chi connectivity index (χ2n) is 4.38. The van der Waals surface area contributed by atoms with Crippen molar-refractivity contribution in [1.29, 1.82) is 0 Å². The Balaban J connectivity index is 2.06. The molecule has 0 bridgehead atoms. The Morgan fingerprint density at radius 1 is 1.24 bits per heavy atom. The number of hydrogen-bond donors (Lipinski definition) is 2. The van der Waals surface area contributed by atoms with Gasteiger partial charge >= 0.3 is 0 Å². The number of aromatic nitrogens is 2. The van der Waals surface area contributed by atoms with Crippen LogP contribution in [0, 0.1) is 0 Å². The van der Waals surface area contributed by atoms with E-state index in [4.69, 9.17) is 10.2 Å². The Morgan fingerprint density at radius 3 is 2.53 bits per heavy atom. The Bertz CT molecular complexity index is 338. The molecule has 1 heterocycles. The van der Waals surface area contributed by atoms with Crippen molar-refractivity contribution in [3.05, 3.63) is 18.1 Å². The van der Waals surface area contributed by atoms with E-state index in [1.165, 1.54) is 19.3 Å². The minimum absolute atomic E-state index is 0.0760. The minimum Gasteiger partial charge on any atom is -0.396 e. The molecule has 5 nitrogen and oxygen atoms in total. The van der Waals surface area contributed by atoms with Crippen molar-refractivity contribution in [3.8, 4) is 0 Å². The third kappa shape index (κ3) is 2.92. The molecule has 17 heavy (non-hydrogen) atoms. The van der Waals surface area contributed by atoms with Crippen molar-refractivity contribution in [2.24, 2.45) is 0 Å². The molecule has 0 aliphatic heterocycles. The van der Waals surface area contributed by atoms with E-state index in [9.17, 15) is 0 Å². The number of rotatable bonds is 6. The van der Waals surface area contributed by atoms with E-state index in [0.29, 0.717) is 11.7 Å². The summed E-state index contributed by atoms with van der Waals surface area (Å²) in [5.41, 5.74) is 0.587. The van der Waals surface area contributed by atoms with E-state index in [0.717, 1.165) is 18.8 Å². The van der Waals surface area contributed by atoms with Crippen LogP contribution in [0.4, 0.5) is 5.82 Å². The second kappa shape index (κ2) is 5.93. The zero-order valence-electron chi connectivity index (χ0n) is 9.92. The Morgan fingerprint density at radius 2 is 2.06 bits per heavy atom. The molecule has 0 spiro atoms. The molecule has 0 amide bonds. The maximum absolute atomic E-state index is 8.93. The van der Waals surface area contributed by atoms with Gasteiger partial charge in [-0.1, -0.05) is 0 Å². The van der Waals surface area contributed by atoms with Crippen molar-refractivity contribution in [1.82, 2.24) is 9.97 Å². The second-order valence-corrected chi connectivity index (χ2v) is 4.38. The normalized spacial score (nSPS) is 15.6. The number of anilines is 1. The van der Waals surface area contributed by atoms with Crippen LogP contribution >= 0.6 is 0 Å². The van der Waals surface area contributed by atoms with E-state index >= 15 is 0 Å². The van der Waals surface area contributed by atoms with Crippen molar-refractivity contribution < 1.29 is 10.2 Å². The highest BCUT2D eigenvalue weighted by atomic mass is 16.3. The van der Waals surface area contributed by atoms with Gasteiger partial charge in [-0.25, -0.2) is 4.98 Å². The first-order valence-electron chi connectivity index (χ1n) is 6.14. The summed E-state index contributed by atoms with van der Waals surface area (Å²) in [5.74, 6) is 0.848. The first-order valence-corrected chi connectivity index (χ1v) is 6.14. The molecule has 1 aliphatic rings. The van der Waals surface area contributed by atoms with Crippen LogP contribution in [-0.4, -0.2) is 39.4 Å². The van der Waals surface area contributed by atoms with Gasteiger partial charge in [0.1, 0.15) is 5.82 Å². The van der Waals surface area contributed by atoms with Gasteiger partial charge in [0, 0.05) is 19.2 Å². The van der Waals surface area contributed by atoms with Crippen molar-refractivity contribution in [3.63, 3.8) is 0 Å². The lowest BCUT2D eigenvalue weighted by Gasteiger charge is -2.38. The van der Waals surface area contributed by atoms with Crippen LogP contribution in [0.25, 0.3) is 0 Å². The van der Waals surface area contributed by atoms with Gasteiger partial charge in [0.25, 0.3) is 0 Å². The fourth-order valence-electron chi connectivity index (χ4n) is 2.00. The molecular formula is C12H19N3O2. The van der Waals surface area contributed by atoms with Crippen LogP contribution in [0.5, 0.6) is 0 Å². The lowest BCUT2D eigenvalue weighted by molar-refractivity contribution is 0.276. The van der Waals surface area contributed by atoms with Gasteiger partial charge in [0.05, 0.1) is 24.7 Å². The minimum atomic E-state index is -0.0760. The summed E-state index contributed by atoms with van der Waals surface area (Å²) in [6, 6.07) is 0.538. The molecule has 5 heteroatoms. The van der Waals surface area contributed by atoms with Crippen LogP contribution in [0.2, 0.25) is 0 Å². The highest BCUT2D eigenvalue weighted by Crippen LogP contribution is 2.28. The van der Waals surface area contributed by atoms with Gasteiger partial charge < -0.3 is 15.1 Å². The van der Waals surface area contributed by atoms with Gasteiger partial charge in [0.15, 0.2) is 0 Å². The van der Waals surface area contributed by atoms with Gasteiger partial charge in [-0.2, -0.15) is 0 Å². The Labute approximate surface area is 101 Å². The third-order valence-corrected chi connectivity index (χ3v) is 3.22. The Kier molecular flexibility index (Phi) is 4.28. The molecule has 0 radical (unpaired) electrons. The maximum atomic E-state index is 8.93. The molecular weight excluding hydrogens is 218 g/mol. The van der Waals surface area contributed by atoms with E-state index in [1.807, 2.05) is 0 Å². The van der Waals surface area contributed by atoms with E-state index < -0.39 is 0 Å². The van der Waals surface area contributed by atoms with Crippen LogP contribution < -0.4 is 4.90 Å². The maximum Gasteiger partial charge on any atom is 0.147 e. The summed E-state index contributed by atoms with van der Waals surface area (Å²) in [6.07, 6.45) is 7.72. The van der Waals surface area contributed by atoms with E-state index in [1.54, 1.807) is 12.4 Å². The fourth-order valence-corrected chi connectivity index (χ4v) is 2.00. The molecule has 1 fully saturated rings. The van der Waals surface area contributed by atoms with Crippen LogP contribution in [-0.2, 0) is 6.61 Å².